The molecule has 0 bridgehead atoms. The molecule has 4 rings (SSSR count). The van der Waals surface area contributed by atoms with E-state index in [1.54, 1.807) is 0 Å². The van der Waals surface area contributed by atoms with E-state index in [1.807, 2.05) is 0 Å². The molecular weight excluding hydrogens is 460 g/mol. The van der Waals surface area contributed by atoms with Crippen molar-refractivity contribution in [2.45, 2.75) is 47.9 Å². The van der Waals surface area contributed by atoms with Crippen molar-refractivity contribution in [3.8, 4) is 0 Å². The minimum atomic E-state index is -4.05. The third kappa shape index (κ3) is 4.15. The van der Waals surface area contributed by atoms with Gasteiger partial charge in [-0.3, -0.25) is 9.89 Å². The van der Waals surface area contributed by atoms with Crippen molar-refractivity contribution in [2.24, 2.45) is 11.8 Å². The number of carbonyl (C=O) groups is 1. The van der Waals surface area contributed by atoms with E-state index in [4.69, 9.17) is 11.6 Å². The van der Waals surface area contributed by atoms with Gasteiger partial charge in [-0.15, -0.1) is 0 Å². The monoisotopic (exact) mass is 481 g/mol. The van der Waals surface area contributed by atoms with Gasteiger partial charge in [0, 0.05) is 17.4 Å². The van der Waals surface area contributed by atoms with Crippen LogP contribution in [0.2, 0.25) is 5.02 Å². The van der Waals surface area contributed by atoms with Crippen LogP contribution in [0.3, 0.4) is 0 Å². The van der Waals surface area contributed by atoms with E-state index < -0.39 is 32.5 Å². The van der Waals surface area contributed by atoms with Crippen LogP contribution in [0.1, 0.15) is 42.7 Å². The molecule has 32 heavy (non-hydrogen) atoms. The van der Waals surface area contributed by atoms with Gasteiger partial charge in [-0.2, -0.15) is 5.10 Å². The Balaban J connectivity index is 1.65. The lowest BCUT2D eigenvalue weighted by atomic mass is 9.71. The Labute approximate surface area is 189 Å². The summed E-state index contributed by atoms with van der Waals surface area (Å²) in [6.07, 6.45) is 3.94. The molecule has 1 fully saturated rings. The van der Waals surface area contributed by atoms with Crippen LogP contribution in [-0.2, 0) is 9.84 Å². The zero-order valence-corrected chi connectivity index (χ0v) is 18.6. The van der Waals surface area contributed by atoms with Gasteiger partial charge in [0.25, 0.3) is 0 Å². The van der Waals surface area contributed by atoms with Gasteiger partial charge in [0.15, 0.2) is 21.4 Å². The second-order valence-electron chi connectivity index (χ2n) is 8.31. The number of Topliss-reactive ketones (excluding diaryl/α,β-unsaturated/α-hetero) is 1. The zero-order valence-electron chi connectivity index (χ0n) is 17.0. The highest BCUT2D eigenvalue weighted by Crippen LogP contribution is 2.50. The van der Waals surface area contributed by atoms with E-state index in [9.17, 15) is 22.0 Å². The molecule has 0 spiro atoms. The molecule has 2 aliphatic rings. The van der Waals surface area contributed by atoms with Crippen molar-refractivity contribution in [3.05, 3.63) is 65.5 Å². The van der Waals surface area contributed by atoms with Crippen LogP contribution < -0.4 is 0 Å². The molecule has 1 heterocycles. The Morgan fingerprint density at radius 2 is 1.91 bits per heavy atom. The Morgan fingerprint density at radius 3 is 2.53 bits per heavy atom. The number of H-pyrrole nitrogens is 1. The fourth-order valence-electron chi connectivity index (χ4n) is 4.76. The summed E-state index contributed by atoms with van der Waals surface area (Å²) in [5, 5.41) is 6.58. The van der Waals surface area contributed by atoms with Gasteiger partial charge in [-0.25, -0.2) is 22.2 Å². The number of nitrogens with one attached hydrogen (secondary N) is 1. The number of hydrogen-bond donors (Lipinski definition) is 1. The number of allylic oxidation sites excluding steroid dienone is 4. The van der Waals surface area contributed by atoms with Crippen LogP contribution in [0, 0.1) is 11.8 Å². The van der Waals surface area contributed by atoms with Gasteiger partial charge >= 0.3 is 0 Å². The number of hydrogen-bond acceptors (Lipinski definition) is 5. The summed E-state index contributed by atoms with van der Waals surface area (Å²) in [6.45, 7) is 0. The first kappa shape index (κ1) is 22.8. The second kappa shape index (κ2) is 8.86. The summed E-state index contributed by atoms with van der Waals surface area (Å²) in [5.74, 6) is -1.97. The third-order valence-corrected chi connectivity index (χ3v) is 9.39. The number of halogens is 3. The molecule has 10 heteroatoms. The number of benzene rings is 1. The molecular formula is C22H22ClF2N3O3S. The van der Waals surface area contributed by atoms with Gasteiger partial charge in [-0.05, 0) is 74.1 Å². The average Bonchev–Trinajstić information content (AvgIpc) is 3.31. The summed E-state index contributed by atoms with van der Waals surface area (Å²) >= 11 is 5.92. The van der Waals surface area contributed by atoms with Crippen LogP contribution in [0.4, 0.5) is 8.78 Å². The van der Waals surface area contributed by atoms with Crippen molar-refractivity contribution in [1.82, 2.24) is 15.2 Å². The van der Waals surface area contributed by atoms with Crippen molar-refractivity contribution < 1.29 is 22.0 Å². The maximum Gasteiger partial charge on any atom is 0.199 e. The molecule has 1 aromatic heterocycles. The van der Waals surface area contributed by atoms with E-state index in [-0.39, 0.29) is 41.7 Å². The largest absolute Gasteiger partial charge is 0.291 e. The number of aromatic nitrogens is 3. The van der Waals surface area contributed by atoms with Crippen LogP contribution in [0.25, 0.3) is 0 Å². The molecule has 0 radical (unpaired) electrons. The van der Waals surface area contributed by atoms with Crippen molar-refractivity contribution >= 4 is 27.2 Å². The number of nitrogens with zero attached hydrogens (tertiary/aromatic N) is 2. The third-order valence-electron chi connectivity index (χ3n) is 6.49. The van der Waals surface area contributed by atoms with E-state index in [0.29, 0.717) is 17.9 Å². The van der Waals surface area contributed by atoms with Crippen LogP contribution in [-0.4, -0.2) is 40.3 Å². The number of alkyl halides is 1. The van der Waals surface area contributed by atoms with Gasteiger partial charge in [0.05, 0.1) is 9.64 Å². The minimum absolute atomic E-state index is 0.0219. The summed E-state index contributed by atoms with van der Waals surface area (Å²) in [7, 11) is -4.05. The zero-order chi connectivity index (χ0) is 22.9. The highest BCUT2D eigenvalue weighted by atomic mass is 35.5. The lowest BCUT2D eigenvalue weighted by molar-refractivity contribution is 0.0927. The maximum atomic E-state index is 15.0. The van der Waals surface area contributed by atoms with E-state index in [1.165, 1.54) is 30.6 Å². The number of aromatic amines is 1. The van der Waals surface area contributed by atoms with Gasteiger partial charge in [-0.1, -0.05) is 11.6 Å². The van der Waals surface area contributed by atoms with Crippen LogP contribution in [0.15, 0.2) is 59.5 Å². The topological polar surface area (TPSA) is 92.8 Å². The molecule has 170 valence electrons. The van der Waals surface area contributed by atoms with Crippen LogP contribution in [0.5, 0.6) is 0 Å². The Morgan fingerprint density at radius 1 is 1.22 bits per heavy atom. The predicted molar refractivity (Wildman–Crippen MR) is 115 cm³/mol. The average molecular weight is 482 g/mol. The number of rotatable bonds is 6. The molecule has 6 nitrogen and oxygen atoms in total. The Hall–Kier alpha value is -2.39. The standard InChI is InChI=1S/C22H22ClF2N3O3S/c23-15-1-4-17(5-2-15)32(30,31)22(18-12-16(24)3-6-19(18)25)9-7-14(8-10-22)11-20(29)21-26-13-27-28-21/h1-6,12-14,18-19H,7-11H2,(H,26,27,28)/t14?,18-,19?,22?/m1/s1. The molecule has 1 N–H and O–H groups in total. The lowest BCUT2D eigenvalue weighted by Crippen LogP contribution is -2.51. The van der Waals surface area contributed by atoms with E-state index in [2.05, 4.69) is 15.2 Å². The number of sulfone groups is 1. The fraction of sp³-hybridized carbons (Fsp3) is 0.409. The highest BCUT2D eigenvalue weighted by molar-refractivity contribution is 7.92. The van der Waals surface area contributed by atoms with E-state index in [0.717, 1.165) is 18.2 Å². The normalized spacial score (nSPS) is 28.3. The molecule has 2 aromatic rings. The van der Waals surface area contributed by atoms with E-state index >= 15 is 0 Å². The van der Waals surface area contributed by atoms with Gasteiger partial charge < -0.3 is 0 Å². The quantitative estimate of drug-likeness (QED) is 0.597. The summed E-state index contributed by atoms with van der Waals surface area (Å²) in [6, 6.07) is 5.72. The van der Waals surface area contributed by atoms with Crippen molar-refractivity contribution in [2.75, 3.05) is 0 Å². The highest BCUT2D eigenvalue weighted by Gasteiger charge is 2.54. The molecule has 1 aromatic carbocycles. The SMILES string of the molecule is O=C(CC1CCC([C@@H]2C=C(F)C=CC2F)(S(=O)(=O)c2ccc(Cl)cc2)CC1)c1ncn[nH]1. The first-order valence-electron chi connectivity index (χ1n) is 10.3. The second-order valence-corrected chi connectivity index (χ2v) is 11.0. The maximum absolute atomic E-state index is 15.0. The molecule has 0 amide bonds. The predicted octanol–water partition coefficient (Wildman–Crippen LogP) is 4.81. The first-order valence-corrected chi connectivity index (χ1v) is 12.2. The summed E-state index contributed by atoms with van der Waals surface area (Å²) in [5.41, 5.74) is 0. The fourth-order valence-corrected chi connectivity index (χ4v) is 7.18. The molecule has 1 saturated carbocycles. The number of carbonyl (C=O) groups excluding carboxylic acids is 1. The molecule has 0 aliphatic heterocycles. The molecule has 2 atom stereocenters. The molecule has 1 unspecified atom stereocenters. The van der Waals surface area contributed by atoms with Gasteiger partial charge in [0.1, 0.15) is 18.3 Å². The Bertz CT molecular complexity index is 1140. The minimum Gasteiger partial charge on any atom is -0.291 e. The summed E-state index contributed by atoms with van der Waals surface area (Å²) < 4.78 is 55.2. The summed E-state index contributed by atoms with van der Waals surface area (Å²) in [4.78, 5) is 16.3. The Kier molecular flexibility index (Phi) is 6.31. The molecule has 2 aliphatic carbocycles. The smallest absolute Gasteiger partial charge is 0.199 e. The van der Waals surface area contributed by atoms with Crippen molar-refractivity contribution in [1.29, 1.82) is 0 Å². The first-order chi connectivity index (χ1) is 15.2. The molecule has 0 saturated heterocycles. The van der Waals surface area contributed by atoms with Crippen molar-refractivity contribution in [3.63, 3.8) is 0 Å². The number of ketones is 1. The van der Waals surface area contributed by atoms with Crippen LogP contribution >= 0.6 is 11.6 Å². The van der Waals surface area contributed by atoms with Gasteiger partial charge in [0.2, 0.25) is 0 Å². The lowest BCUT2D eigenvalue weighted by Gasteiger charge is -2.45.